The summed E-state index contributed by atoms with van der Waals surface area (Å²) in [5, 5.41) is 21.0. The molecule has 0 atom stereocenters. The molecule has 2 radical (unpaired) electrons. The molecule has 0 aromatic heterocycles. The first-order chi connectivity index (χ1) is 15.4. The number of phenols is 2. The van der Waals surface area contributed by atoms with Crippen LogP contribution in [0.4, 0.5) is 0 Å². The molecule has 172 valence electrons. The monoisotopic (exact) mass is 1020 g/mol. The number of hydrogen-bond acceptors (Lipinski definition) is 5. The first-order valence-corrected chi connectivity index (χ1v) is 14.5. The molecule has 2 heterocycles. The van der Waals surface area contributed by atoms with Gasteiger partial charge in [-0.1, -0.05) is 46.4 Å². The minimum atomic E-state index is -1.62. The van der Waals surface area contributed by atoms with Gasteiger partial charge in [0.1, 0.15) is 11.5 Å². The van der Waals surface area contributed by atoms with Gasteiger partial charge >= 0.3 is 5.97 Å². The predicted molar refractivity (Wildman–Crippen MR) is 170 cm³/mol. The zero-order valence-corrected chi connectivity index (χ0v) is 33.0. The van der Waals surface area contributed by atoms with Gasteiger partial charge in [-0.25, -0.2) is 4.79 Å². The fourth-order valence-corrected chi connectivity index (χ4v) is 8.57. The zero-order valence-electron chi connectivity index (χ0n) is 17.3. The summed E-state index contributed by atoms with van der Waals surface area (Å²) in [5.74, 6) is -0.246. The number of carbonyl (C=O) groups excluding carboxylic acids is 1. The summed E-state index contributed by atoms with van der Waals surface area (Å²) < 4.78 is 14.1. The van der Waals surface area contributed by atoms with Gasteiger partial charge in [-0.15, -0.1) is 0 Å². The van der Waals surface area contributed by atoms with Crippen molar-refractivity contribution in [2.45, 2.75) is 5.60 Å². The van der Waals surface area contributed by atoms with Crippen molar-refractivity contribution in [3.63, 3.8) is 0 Å². The van der Waals surface area contributed by atoms with Gasteiger partial charge in [-0.2, -0.15) is 0 Å². The summed E-state index contributed by atoms with van der Waals surface area (Å²) in [6.45, 7) is 0. The van der Waals surface area contributed by atoms with E-state index in [4.69, 9.17) is 55.9 Å². The van der Waals surface area contributed by atoms with Crippen molar-refractivity contribution >= 4 is 202 Å². The van der Waals surface area contributed by atoms with Crippen LogP contribution in [0.1, 0.15) is 27.0 Å². The number of ether oxygens (including phenoxy) is 2. The average molecular weight is 1020 g/mol. The van der Waals surface area contributed by atoms with Crippen molar-refractivity contribution in [3.8, 4) is 23.0 Å². The summed E-state index contributed by atoms with van der Waals surface area (Å²) in [4.78, 5) is 13.3. The Labute approximate surface area is 317 Å². The van der Waals surface area contributed by atoms with Crippen molar-refractivity contribution in [1.82, 2.24) is 0 Å². The maximum Gasteiger partial charge on any atom is 0.341 e. The topological polar surface area (TPSA) is 76.0 Å². The number of esters is 1. The Hall–Kier alpha value is 2.61. The van der Waals surface area contributed by atoms with Gasteiger partial charge in [0.2, 0.25) is 0 Å². The molecule has 0 bridgehead atoms. The number of hydrogen-bond donors (Lipinski definition) is 2. The average Bonchev–Trinajstić information content (AvgIpc) is 3.08. The van der Waals surface area contributed by atoms with Gasteiger partial charge in [-0.05, 0) is 102 Å². The first-order valence-electron chi connectivity index (χ1n) is 8.63. The standard InChI is InChI=1S/C20H4Cl4I4O5.2Na/c21-9-7-8(10(22)12(24)11(9)23)20(33-19(7)31)3-1-5(25)15(29)13(27)17(3)32-18-4(20)2-6(26)16(30)14(18)28;;/h1-2,29-30H;;. The van der Waals surface area contributed by atoms with Crippen LogP contribution in [0.5, 0.6) is 23.0 Å². The van der Waals surface area contributed by atoms with Gasteiger partial charge in [0.15, 0.2) is 17.1 Å². The van der Waals surface area contributed by atoms with E-state index in [1.165, 1.54) is 0 Å². The molecule has 15 heteroatoms. The quantitative estimate of drug-likeness (QED) is 0.0788. The molecule has 2 aliphatic rings. The van der Waals surface area contributed by atoms with Crippen LogP contribution in [0.2, 0.25) is 20.1 Å². The maximum atomic E-state index is 13.3. The van der Waals surface area contributed by atoms with Crippen LogP contribution >= 0.6 is 137 Å². The molecule has 1 spiro atoms. The van der Waals surface area contributed by atoms with E-state index < -0.39 is 11.6 Å². The summed E-state index contributed by atoms with van der Waals surface area (Å²) in [6.07, 6.45) is 0. The summed E-state index contributed by atoms with van der Waals surface area (Å²) in [7, 11) is 0. The third-order valence-electron chi connectivity index (χ3n) is 5.33. The van der Waals surface area contributed by atoms with Crippen molar-refractivity contribution in [1.29, 1.82) is 0 Å². The Balaban J connectivity index is 0.00000171. The normalized spacial score (nSPS) is 14.2. The number of benzene rings is 3. The Morgan fingerprint density at radius 2 is 1.17 bits per heavy atom. The molecule has 0 saturated carbocycles. The number of carbonyl (C=O) groups is 1. The van der Waals surface area contributed by atoms with Gasteiger partial charge < -0.3 is 19.7 Å². The van der Waals surface area contributed by atoms with Gasteiger partial charge in [-0.3, -0.25) is 0 Å². The molecule has 3 aromatic rings. The zero-order chi connectivity index (χ0) is 24.1. The van der Waals surface area contributed by atoms with Crippen molar-refractivity contribution in [3.05, 3.63) is 68.8 Å². The number of phenolic OH excluding ortho intramolecular Hbond substituents is 2. The molecule has 2 aliphatic heterocycles. The number of rotatable bonds is 0. The van der Waals surface area contributed by atoms with Gasteiger partial charge in [0.25, 0.3) is 0 Å². The van der Waals surface area contributed by atoms with Crippen molar-refractivity contribution < 1.29 is 24.5 Å². The Kier molecular flexibility index (Phi) is 10.5. The summed E-state index contributed by atoms with van der Waals surface area (Å²) in [5.41, 5.74) is -0.574. The first kappa shape index (κ1) is 32.1. The fraction of sp³-hybridized carbons (Fsp3) is 0.0500. The maximum absolute atomic E-state index is 13.3. The molecule has 5 rings (SSSR count). The molecule has 0 saturated heterocycles. The molecule has 3 aromatic carbocycles. The van der Waals surface area contributed by atoms with Gasteiger partial charge in [0, 0.05) is 64.7 Å². The SMILES string of the molecule is O=C1OC2(c3cc(I)c(O)c(I)c3Oc3c2cc(I)c(O)c3I)c2c(Cl)c(Cl)c(Cl)c(Cl)c21.[Na].[Na]. The number of aromatic hydroxyl groups is 2. The van der Waals surface area contributed by atoms with Crippen molar-refractivity contribution in [2.75, 3.05) is 0 Å². The van der Waals surface area contributed by atoms with E-state index in [0.29, 0.717) is 25.4 Å². The number of halogens is 8. The van der Waals surface area contributed by atoms with Crippen LogP contribution in [0, 0.1) is 14.3 Å². The molecule has 0 amide bonds. The van der Waals surface area contributed by atoms with E-state index in [-0.39, 0.29) is 113 Å². The predicted octanol–water partition coefficient (Wildman–Crippen LogP) is 7.94. The largest absolute Gasteiger partial charge is 0.506 e. The Bertz CT molecular complexity index is 1410. The molecular formula is C20H4Cl4I4Na2O5. The van der Waals surface area contributed by atoms with E-state index >= 15 is 0 Å². The smallest absolute Gasteiger partial charge is 0.341 e. The Morgan fingerprint density at radius 3 is 1.63 bits per heavy atom. The van der Waals surface area contributed by atoms with E-state index in [1.807, 2.05) is 90.4 Å². The number of fused-ring (bicyclic) bond motifs is 6. The molecule has 0 aliphatic carbocycles. The van der Waals surface area contributed by atoms with Crippen LogP contribution in [0.25, 0.3) is 0 Å². The third kappa shape index (κ3) is 4.60. The van der Waals surface area contributed by atoms with E-state index in [0.717, 1.165) is 0 Å². The summed E-state index contributed by atoms with van der Waals surface area (Å²) >= 11 is 33.7. The molecule has 0 unspecified atom stereocenters. The fourth-order valence-electron chi connectivity index (χ4n) is 3.93. The Morgan fingerprint density at radius 1 is 0.743 bits per heavy atom. The minimum Gasteiger partial charge on any atom is -0.506 e. The van der Waals surface area contributed by atoms with Crippen molar-refractivity contribution in [2.24, 2.45) is 0 Å². The second kappa shape index (κ2) is 11.5. The van der Waals surface area contributed by atoms with E-state index in [9.17, 15) is 15.0 Å². The molecular weight excluding hydrogens is 1020 g/mol. The second-order valence-corrected chi connectivity index (χ2v) is 13.0. The van der Waals surface area contributed by atoms with E-state index in [1.54, 1.807) is 12.1 Å². The third-order valence-corrected chi connectivity index (χ3v) is 10.8. The van der Waals surface area contributed by atoms with Crippen LogP contribution in [0.15, 0.2) is 12.1 Å². The molecule has 2 N–H and O–H groups in total. The van der Waals surface area contributed by atoms with E-state index in [2.05, 4.69) is 0 Å². The molecule has 5 nitrogen and oxygen atoms in total. The summed E-state index contributed by atoms with van der Waals surface area (Å²) in [6, 6.07) is 3.30. The molecule has 35 heavy (non-hydrogen) atoms. The second-order valence-electron chi connectivity index (χ2n) is 6.97. The van der Waals surface area contributed by atoms with Gasteiger partial charge in [0.05, 0.1) is 51.1 Å². The minimum absolute atomic E-state index is 0. The van der Waals surface area contributed by atoms with Crippen LogP contribution < -0.4 is 4.74 Å². The van der Waals surface area contributed by atoms with Crippen LogP contribution in [0.3, 0.4) is 0 Å². The van der Waals surface area contributed by atoms with Crippen LogP contribution in [-0.4, -0.2) is 75.3 Å². The van der Waals surface area contributed by atoms with Crippen LogP contribution in [-0.2, 0) is 10.3 Å². The molecule has 0 fully saturated rings.